The lowest BCUT2D eigenvalue weighted by molar-refractivity contribution is -0.388. The fourth-order valence-corrected chi connectivity index (χ4v) is 3.30. The van der Waals surface area contributed by atoms with Crippen molar-refractivity contribution in [3.8, 4) is 0 Å². The molecule has 0 aromatic heterocycles. The van der Waals surface area contributed by atoms with Gasteiger partial charge in [-0.05, 0) is 36.9 Å². The fraction of sp³-hybridized carbons (Fsp3) is 0.765. The van der Waals surface area contributed by atoms with Crippen molar-refractivity contribution in [3.05, 3.63) is 0 Å². The Kier molecular flexibility index (Phi) is 11.9. The van der Waals surface area contributed by atoms with Gasteiger partial charge in [0.1, 0.15) is 12.1 Å². The molecule has 0 aromatic carbocycles. The number of hydrogen-bond donors (Lipinski definition) is 4. The van der Waals surface area contributed by atoms with Gasteiger partial charge in [0.05, 0.1) is 0 Å². The van der Waals surface area contributed by atoms with Crippen molar-refractivity contribution in [2.24, 2.45) is 0 Å². The van der Waals surface area contributed by atoms with E-state index in [1.165, 1.54) is 12.5 Å². The lowest BCUT2D eigenvalue weighted by Crippen LogP contribution is -2.72. The summed E-state index contributed by atoms with van der Waals surface area (Å²) < 4.78 is 140. The molecule has 20 heteroatoms. The highest BCUT2D eigenvalue weighted by molar-refractivity contribution is 7.98. The number of carboxylic acids is 2. The molecular formula is C17H20F10N2O6S2. The summed E-state index contributed by atoms with van der Waals surface area (Å²) in [6, 6.07) is -4.76. The number of amides is 2. The minimum atomic E-state index is -7.82. The normalized spacial score (nSPS) is 15.0. The SMILES string of the molecule is CSCCC(NC(=O)C(F)(F)C(F)(F)C(F)(F)C(F)(F)C(F)(F)C(=O)NC(CCSC)C(=O)O)C(=O)O. The fourth-order valence-electron chi connectivity index (χ4n) is 2.36. The molecule has 0 aliphatic heterocycles. The Labute approximate surface area is 210 Å². The van der Waals surface area contributed by atoms with Crippen LogP contribution in [0.2, 0.25) is 0 Å². The first-order valence-electron chi connectivity index (χ1n) is 9.52. The van der Waals surface area contributed by atoms with Crippen LogP contribution in [-0.2, 0) is 19.2 Å². The molecule has 0 rings (SSSR count). The summed E-state index contributed by atoms with van der Waals surface area (Å²) in [7, 11) is 0. The van der Waals surface area contributed by atoms with Crippen molar-refractivity contribution >= 4 is 47.3 Å². The smallest absolute Gasteiger partial charge is 0.392 e. The molecule has 216 valence electrons. The number of hydrogen-bond acceptors (Lipinski definition) is 6. The van der Waals surface area contributed by atoms with Crippen LogP contribution in [0.4, 0.5) is 43.9 Å². The molecule has 0 fully saturated rings. The second-order valence-electron chi connectivity index (χ2n) is 7.16. The highest BCUT2D eigenvalue weighted by Gasteiger charge is 2.89. The largest absolute Gasteiger partial charge is 0.480 e. The Morgan fingerprint density at radius 1 is 0.622 bits per heavy atom. The molecule has 0 radical (unpaired) electrons. The van der Waals surface area contributed by atoms with Crippen LogP contribution in [0.1, 0.15) is 12.8 Å². The zero-order chi connectivity index (χ0) is 29.6. The third-order valence-electron chi connectivity index (χ3n) is 4.58. The van der Waals surface area contributed by atoms with Crippen molar-refractivity contribution < 1.29 is 73.3 Å². The molecule has 2 amide bonds. The minimum Gasteiger partial charge on any atom is -0.480 e. The van der Waals surface area contributed by atoms with Crippen LogP contribution in [0.15, 0.2) is 0 Å². The number of carbonyl (C=O) groups excluding carboxylic acids is 2. The van der Waals surface area contributed by atoms with Gasteiger partial charge in [0.15, 0.2) is 0 Å². The van der Waals surface area contributed by atoms with E-state index < -0.39 is 78.3 Å². The summed E-state index contributed by atoms with van der Waals surface area (Å²) >= 11 is 1.76. The van der Waals surface area contributed by atoms with Gasteiger partial charge in [-0.2, -0.15) is 67.4 Å². The van der Waals surface area contributed by atoms with E-state index in [1.807, 2.05) is 0 Å². The Morgan fingerprint density at radius 2 is 0.892 bits per heavy atom. The molecule has 0 saturated carbocycles. The van der Waals surface area contributed by atoms with E-state index in [9.17, 15) is 63.1 Å². The standard InChI is InChI=1S/C17H20F10N2O6S2/c1-36-5-3-7(9(30)31)28-11(34)13(18,19)15(22,23)17(26,27)16(24,25)14(20,21)12(35)29-8(10(32)33)4-6-37-2/h7-8H,3-6H2,1-2H3,(H,28,34)(H,29,35)(H,30,31)(H,32,33). The molecular weight excluding hydrogens is 582 g/mol. The number of nitrogens with one attached hydrogen (secondary N) is 2. The molecule has 0 aliphatic carbocycles. The summed E-state index contributed by atoms with van der Waals surface area (Å²) in [6.07, 6.45) is 1.31. The second-order valence-corrected chi connectivity index (χ2v) is 9.13. The number of carboxylic acid groups (broad SMARTS) is 2. The number of aliphatic carboxylic acids is 2. The van der Waals surface area contributed by atoms with Crippen molar-refractivity contribution in [3.63, 3.8) is 0 Å². The monoisotopic (exact) mass is 602 g/mol. The molecule has 4 N–H and O–H groups in total. The van der Waals surface area contributed by atoms with E-state index in [0.717, 1.165) is 34.2 Å². The van der Waals surface area contributed by atoms with Gasteiger partial charge in [-0.1, -0.05) is 0 Å². The predicted molar refractivity (Wildman–Crippen MR) is 110 cm³/mol. The Morgan fingerprint density at radius 3 is 1.11 bits per heavy atom. The third-order valence-corrected chi connectivity index (χ3v) is 5.86. The average Bonchev–Trinajstić information content (AvgIpc) is 2.77. The van der Waals surface area contributed by atoms with Gasteiger partial charge < -0.3 is 20.8 Å². The summed E-state index contributed by atoms with van der Waals surface area (Å²) in [6.45, 7) is 0. The van der Waals surface area contributed by atoms with Gasteiger partial charge in [0, 0.05) is 0 Å². The van der Waals surface area contributed by atoms with E-state index in [1.54, 1.807) is 0 Å². The number of alkyl halides is 10. The average molecular weight is 602 g/mol. The number of carbonyl (C=O) groups is 4. The maximum absolute atomic E-state index is 14.0. The van der Waals surface area contributed by atoms with Gasteiger partial charge in [-0.15, -0.1) is 0 Å². The molecule has 8 nitrogen and oxygen atoms in total. The van der Waals surface area contributed by atoms with Crippen LogP contribution in [0.3, 0.4) is 0 Å². The van der Waals surface area contributed by atoms with Crippen molar-refractivity contribution in [2.75, 3.05) is 24.0 Å². The van der Waals surface area contributed by atoms with Crippen LogP contribution >= 0.6 is 23.5 Å². The van der Waals surface area contributed by atoms with Crippen LogP contribution < -0.4 is 10.6 Å². The van der Waals surface area contributed by atoms with Crippen LogP contribution in [0, 0.1) is 0 Å². The van der Waals surface area contributed by atoms with Gasteiger partial charge >= 0.3 is 41.6 Å². The van der Waals surface area contributed by atoms with Gasteiger partial charge in [0.25, 0.3) is 11.8 Å². The van der Waals surface area contributed by atoms with Crippen molar-refractivity contribution in [1.82, 2.24) is 10.6 Å². The maximum atomic E-state index is 14.0. The van der Waals surface area contributed by atoms with Crippen molar-refractivity contribution in [1.29, 1.82) is 0 Å². The Hall–Kier alpha value is -2.12. The number of halogens is 10. The first-order chi connectivity index (χ1) is 16.6. The first kappa shape index (κ1) is 34.9. The van der Waals surface area contributed by atoms with Crippen molar-refractivity contribution in [2.45, 2.75) is 54.5 Å². The van der Waals surface area contributed by atoms with Gasteiger partial charge in [-0.3, -0.25) is 9.59 Å². The van der Waals surface area contributed by atoms with Crippen LogP contribution in [0.5, 0.6) is 0 Å². The molecule has 37 heavy (non-hydrogen) atoms. The topological polar surface area (TPSA) is 133 Å². The van der Waals surface area contributed by atoms with E-state index in [0.29, 0.717) is 0 Å². The van der Waals surface area contributed by atoms with Crippen LogP contribution in [0.25, 0.3) is 0 Å². The molecule has 2 atom stereocenters. The molecule has 0 saturated heterocycles. The van der Waals surface area contributed by atoms with E-state index >= 15 is 0 Å². The molecule has 2 unspecified atom stereocenters. The predicted octanol–water partition coefficient (Wildman–Crippen LogP) is 2.81. The first-order valence-corrected chi connectivity index (χ1v) is 12.3. The molecule has 0 bridgehead atoms. The zero-order valence-corrected chi connectivity index (χ0v) is 20.2. The van der Waals surface area contributed by atoms with Crippen LogP contribution in [-0.4, -0.2) is 99.7 Å². The Bertz CT molecular complexity index is 796. The molecule has 0 aliphatic rings. The lowest BCUT2D eigenvalue weighted by Gasteiger charge is -2.38. The highest BCUT2D eigenvalue weighted by Crippen LogP contribution is 2.57. The highest BCUT2D eigenvalue weighted by atomic mass is 32.2. The quantitative estimate of drug-likeness (QED) is 0.199. The third kappa shape index (κ3) is 7.05. The van der Waals surface area contributed by atoms with Gasteiger partial charge in [0.2, 0.25) is 0 Å². The Balaban J connectivity index is 6.22. The van der Waals surface area contributed by atoms with E-state index in [-0.39, 0.29) is 11.5 Å². The molecule has 0 aromatic rings. The minimum absolute atomic E-state index is 0.191. The molecule has 0 heterocycles. The van der Waals surface area contributed by atoms with E-state index in [4.69, 9.17) is 10.2 Å². The maximum Gasteiger partial charge on any atom is 0.392 e. The molecule has 0 spiro atoms. The summed E-state index contributed by atoms with van der Waals surface area (Å²) in [5, 5.41) is 19.1. The van der Waals surface area contributed by atoms with E-state index in [2.05, 4.69) is 0 Å². The zero-order valence-electron chi connectivity index (χ0n) is 18.6. The summed E-state index contributed by atoms with van der Waals surface area (Å²) in [5.41, 5.74) is 0. The summed E-state index contributed by atoms with van der Waals surface area (Å²) in [5.74, 6) is -48.5. The number of thioether (sulfide) groups is 2. The second kappa shape index (κ2) is 12.6. The number of rotatable bonds is 16. The summed E-state index contributed by atoms with van der Waals surface area (Å²) in [4.78, 5) is 45.0. The lowest BCUT2D eigenvalue weighted by atomic mass is 9.93. The van der Waals surface area contributed by atoms with Gasteiger partial charge in [-0.25, -0.2) is 9.59 Å².